The first-order valence-corrected chi connectivity index (χ1v) is 5.38. The first-order chi connectivity index (χ1) is 7.65. The van der Waals surface area contributed by atoms with E-state index < -0.39 is 0 Å². The topological polar surface area (TPSA) is 50.9 Å². The van der Waals surface area contributed by atoms with Gasteiger partial charge in [-0.25, -0.2) is 9.37 Å². The molecule has 2 aromatic rings. The molecule has 0 saturated carbocycles. The number of aromatic nitrogens is 1. The van der Waals surface area contributed by atoms with Crippen LogP contribution in [0, 0.1) is 5.82 Å². The predicted molar refractivity (Wildman–Crippen MR) is 66.0 cm³/mol. The maximum atomic E-state index is 12.9. The van der Waals surface area contributed by atoms with Crippen molar-refractivity contribution in [2.24, 2.45) is 0 Å². The van der Waals surface area contributed by atoms with Gasteiger partial charge in [-0.15, -0.1) is 0 Å². The lowest BCUT2D eigenvalue weighted by molar-refractivity contribution is 0.627. The Kier molecular flexibility index (Phi) is 3.05. The molecule has 2 rings (SSSR count). The normalized spacial score (nSPS) is 10.1. The van der Waals surface area contributed by atoms with E-state index in [1.165, 1.54) is 12.1 Å². The van der Waals surface area contributed by atoms with Crippen LogP contribution in [0.25, 0.3) is 0 Å². The largest absolute Gasteiger partial charge is 0.399 e. The molecule has 0 fully saturated rings. The zero-order valence-electron chi connectivity index (χ0n) is 8.24. The zero-order valence-corrected chi connectivity index (χ0v) is 9.83. The van der Waals surface area contributed by atoms with Gasteiger partial charge in [0.25, 0.3) is 0 Å². The molecule has 16 heavy (non-hydrogen) atoms. The second kappa shape index (κ2) is 4.49. The van der Waals surface area contributed by atoms with Crippen LogP contribution in [0.3, 0.4) is 0 Å². The number of anilines is 3. The smallest absolute Gasteiger partial charge is 0.132 e. The molecule has 82 valence electrons. The molecule has 0 unspecified atom stereocenters. The molecule has 0 aliphatic carbocycles. The maximum absolute atomic E-state index is 12.9. The fourth-order valence-electron chi connectivity index (χ4n) is 1.24. The molecule has 0 amide bonds. The van der Waals surface area contributed by atoms with Gasteiger partial charge in [0.05, 0.1) is 5.69 Å². The Morgan fingerprint density at radius 1 is 1.25 bits per heavy atom. The molecule has 0 bridgehead atoms. The Morgan fingerprint density at radius 2 is 2.06 bits per heavy atom. The van der Waals surface area contributed by atoms with E-state index in [0.717, 1.165) is 5.69 Å². The number of nitrogens with two attached hydrogens (primary N) is 1. The molecule has 0 atom stereocenters. The summed E-state index contributed by atoms with van der Waals surface area (Å²) in [6, 6.07) is 7.79. The highest BCUT2D eigenvalue weighted by atomic mass is 79.9. The first-order valence-electron chi connectivity index (χ1n) is 4.59. The summed E-state index contributed by atoms with van der Waals surface area (Å²) in [5.41, 5.74) is 6.98. The van der Waals surface area contributed by atoms with E-state index in [9.17, 15) is 4.39 Å². The Bertz CT molecular complexity index is 516. The molecule has 1 aromatic carbocycles. The van der Waals surface area contributed by atoms with Crippen LogP contribution in [-0.4, -0.2) is 4.98 Å². The van der Waals surface area contributed by atoms with Crippen molar-refractivity contribution in [2.75, 3.05) is 11.1 Å². The molecule has 0 aliphatic heterocycles. The molecule has 0 aliphatic rings. The number of nitrogen functional groups attached to an aromatic ring is 1. The Hall–Kier alpha value is -1.62. The van der Waals surface area contributed by atoms with E-state index in [4.69, 9.17) is 5.73 Å². The lowest BCUT2D eigenvalue weighted by atomic mass is 10.3. The van der Waals surface area contributed by atoms with Gasteiger partial charge in [0.2, 0.25) is 0 Å². The highest BCUT2D eigenvalue weighted by molar-refractivity contribution is 9.10. The van der Waals surface area contributed by atoms with Crippen LogP contribution in [0.2, 0.25) is 0 Å². The van der Waals surface area contributed by atoms with E-state index in [-0.39, 0.29) is 5.82 Å². The third-order valence-corrected chi connectivity index (χ3v) is 2.63. The van der Waals surface area contributed by atoms with Gasteiger partial charge in [-0.05, 0) is 40.2 Å². The summed E-state index contributed by atoms with van der Waals surface area (Å²) in [6.45, 7) is 0. The summed E-state index contributed by atoms with van der Waals surface area (Å²) in [7, 11) is 0. The minimum atomic E-state index is -0.294. The Morgan fingerprint density at radius 3 is 2.75 bits per heavy atom. The SMILES string of the molecule is Nc1ccnc(Nc2ccc(F)cc2Br)c1. The van der Waals surface area contributed by atoms with E-state index >= 15 is 0 Å². The average Bonchev–Trinajstić information content (AvgIpc) is 2.22. The standard InChI is InChI=1S/C11H9BrFN3/c12-9-5-7(13)1-2-10(9)16-11-6-8(14)3-4-15-11/h1-6H,(H3,14,15,16). The van der Waals surface area contributed by atoms with Gasteiger partial charge < -0.3 is 11.1 Å². The number of benzene rings is 1. The minimum Gasteiger partial charge on any atom is -0.399 e. The molecule has 0 radical (unpaired) electrons. The number of hydrogen-bond donors (Lipinski definition) is 2. The summed E-state index contributed by atoms with van der Waals surface area (Å²) in [6.07, 6.45) is 1.61. The molecule has 5 heteroatoms. The highest BCUT2D eigenvalue weighted by Gasteiger charge is 2.02. The van der Waals surface area contributed by atoms with Crippen LogP contribution < -0.4 is 11.1 Å². The average molecular weight is 282 g/mol. The number of halogens is 2. The molecular formula is C11H9BrFN3. The van der Waals surface area contributed by atoms with Crippen molar-refractivity contribution in [1.82, 2.24) is 4.98 Å². The highest BCUT2D eigenvalue weighted by Crippen LogP contribution is 2.26. The second-order valence-electron chi connectivity index (χ2n) is 3.22. The van der Waals surface area contributed by atoms with Gasteiger partial charge in [-0.2, -0.15) is 0 Å². The molecule has 1 heterocycles. The van der Waals surface area contributed by atoms with Crippen LogP contribution in [-0.2, 0) is 0 Å². The van der Waals surface area contributed by atoms with Crippen molar-refractivity contribution < 1.29 is 4.39 Å². The molecule has 3 nitrogen and oxygen atoms in total. The number of rotatable bonds is 2. The quantitative estimate of drug-likeness (QED) is 0.888. The minimum absolute atomic E-state index is 0.294. The lowest BCUT2D eigenvalue weighted by Crippen LogP contribution is -1.96. The number of hydrogen-bond acceptors (Lipinski definition) is 3. The maximum Gasteiger partial charge on any atom is 0.132 e. The molecule has 0 spiro atoms. The fourth-order valence-corrected chi connectivity index (χ4v) is 1.69. The van der Waals surface area contributed by atoms with Crippen molar-refractivity contribution in [3.05, 3.63) is 46.8 Å². The van der Waals surface area contributed by atoms with Crippen molar-refractivity contribution in [2.45, 2.75) is 0 Å². The first kappa shape index (κ1) is 10.9. The van der Waals surface area contributed by atoms with Crippen molar-refractivity contribution in [3.63, 3.8) is 0 Å². The summed E-state index contributed by atoms with van der Waals surface area (Å²) < 4.78 is 13.5. The number of pyridine rings is 1. The zero-order chi connectivity index (χ0) is 11.5. The van der Waals surface area contributed by atoms with Gasteiger partial charge in [-0.3, -0.25) is 0 Å². The summed E-state index contributed by atoms with van der Waals surface area (Å²) in [4.78, 5) is 4.09. The van der Waals surface area contributed by atoms with Crippen LogP contribution >= 0.6 is 15.9 Å². The van der Waals surface area contributed by atoms with Crippen molar-refractivity contribution in [1.29, 1.82) is 0 Å². The van der Waals surface area contributed by atoms with Crippen LogP contribution in [0.4, 0.5) is 21.6 Å². The fraction of sp³-hybridized carbons (Fsp3) is 0. The van der Waals surface area contributed by atoms with Gasteiger partial charge in [-0.1, -0.05) is 0 Å². The van der Waals surface area contributed by atoms with Gasteiger partial charge in [0.15, 0.2) is 0 Å². The third-order valence-electron chi connectivity index (χ3n) is 1.98. The van der Waals surface area contributed by atoms with Crippen LogP contribution in [0.15, 0.2) is 41.0 Å². The van der Waals surface area contributed by atoms with Crippen LogP contribution in [0.5, 0.6) is 0 Å². The van der Waals surface area contributed by atoms with E-state index in [0.29, 0.717) is 16.0 Å². The summed E-state index contributed by atoms with van der Waals surface area (Å²) in [5.74, 6) is 0.324. The van der Waals surface area contributed by atoms with Crippen molar-refractivity contribution in [3.8, 4) is 0 Å². The molecule has 3 N–H and O–H groups in total. The van der Waals surface area contributed by atoms with E-state index in [1.807, 2.05) is 0 Å². The molecule has 1 aromatic heterocycles. The second-order valence-corrected chi connectivity index (χ2v) is 4.08. The monoisotopic (exact) mass is 281 g/mol. The predicted octanol–water partition coefficient (Wildman–Crippen LogP) is 3.31. The summed E-state index contributed by atoms with van der Waals surface area (Å²) in [5, 5.41) is 3.04. The van der Waals surface area contributed by atoms with Gasteiger partial charge in [0.1, 0.15) is 11.6 Å². The van der Waals surface area contributed by atoms with E-state index in [1.54, 1.807) is 24.4 Å². The number of nitrogens with zero attached hydrogens (tertiary/aromatic N) is 1. The summed E-state index contributed by atoms with van der Waals surface area (Å²) >= 11 is 3.26. The van der Waals surface area contributed by atoms with E-state index in [2.05, 4.69) is 26.2 Å². The molecular weight excluding hydrogens is 273 g/mol. The third kappa shape index (κ3) is 2.49. The lowest BCUT2D eigenvalue weighted by Gasteiger charge is -2.07. The van der Waals surface area contributed by atoms with Crippen molar-refractivity contribution >= 4 is 33.1 Å². The Labute approximate surface area is 101 Å². The van der Waals surface area contributed by atoms with Gasteiger partial charge in [0, 0.05) is 22.4 Å². The Balaban J connectivity index is 2.27. The number of nitrogens with one attached hydrogen (secondary N) is 1. The van der Waals surface area contributed by atoms with Crippen LogP contribution in [0.1, 0.15) is 0 Å². The van der Waals surface area contributed by atoms with Gasteiger partial charge >= 0.3 is 0 Å². The molecule has 0 saturated heterocycles.